The lowest BCUT2D eigenvalue weighted by Gasteiger charge is -1.47. The Morgan fingerprint density at radius 2 is 2.25 bits per heavy atom. The first-order valence-electron chi connectivity index (χ1n) is 0.699. The van der Waals surface area contributed by atoms with Gasteiger partial charge in [-0.05, 0) is 0 Å². The maximum absolute atomic E-state index is 8.62. The van der Waals surface area contributed by atoms with E-state index in [0.29, 0.717) is 0 Å². The van der Waals surface area contributed by atoms with E-state index in [-0.39, 0.29) is 7.62 Å². The predicted octanol–water partition coefficient (Wildman–Crippen LogP) is -0.721. The molecule has 0 aromatic carbocycles. The van der Waals surface area contributed by atoms with Crippen LogP contribution in [0, 0.1) is 4.91 Å². The van der Waals surface area contributed by atoms with E-state index < -0.39 is 0 Å². The summed E-state index contributed by atoms with van der Waals surface area (Å²) in [4.78, 5) is 8.62. The summed E-state index contributed by atoms with van der Waals surface area (Å²) in [7, 11) is 0.194. The van der Waals surface area contributed by atoms with Gasteiger partial charge >= 0.3 is 7.62 Å². The van der Waals surface area contributed by atoms with E-state index in [1.807, 2.05) is 5.09 Å². The number of nitroso groups, excluding NO2 is 1. The van der Waals surface area contributed by atoms with E-state index in [9.17, 15) is 0 Å². The van der Waals surface area contributed by atoms with Gasteiger partial charge in [0.1, 0.15) is 0 Å². The van der Waals surface area contributed by atoms with Crippen LogP contribution in [0.1, 0.15) is 0 Å². The zero-order chi connectivity index (χ0) is 3.41. The molecule has 0 aliphatic carbocycles. The van der Waals surface area contributed by atoms with Crippen molar-refractivity contribution in [1.29, 1.82) is 0 Å². The van der Waals surface area contributed by atoms with E-state index in [2.05, 4.69) is 0 Å². The lowest BCUT2D eigenvalue weighted by atomic mass is 10.4. The van der Waals surface area contributed by atoms with E-state index >= 15 is 0 Å². The summed E-state index contributed by atoms with van der Waals surface area (Å²) in [6.07, 6.45) is 0. The van der Waals surface area contributed by atoms with Crippen LogP contribution < -0.4 is 0 Å². The molecule has 0 bridgehead atoms. The minimum absolute atomic E-state index is 0.194. The van der Waals surface area contributed by atoms with Crippen LogP contribution in [0.2, 0.25) is 0 Å². The van der Waals surface area contributed by atoms with Crippen molar-refractivity contribution in [3.05, 3.63) is 4.91 Å². The normalized spacial score (nSPS) is 5.25. The molecule has 0 spiro atoms. The van der Waals surface area contributed by atoms with Crippen molar-refractivity contribution in [3.8, 4) is 0 Å². The van der Waals surface area contributed by atoms with Crippen LogP contribution in [-0.2, 0) is 0 Å². The predicted molar refractivity (Wildman–Crippen MR) is 13.8 cm³/mol. The Morgan fingerprint density at radius 1 is 2.00 bits per heavy atom. The Kier molecular flexibility index (Phi) is 2.38. The van der Waals surface area contributed by atoms with E-state index in [1.165, 1.54) is 0 Å². The van der Waals surface area contributed by atoms with Crippen LogP contribution in [0.5, 0.6) is 0 Å². The summed E-state index contributed by atoms with van der Waals surface area (Å²) in [6, 6.07) is 0. The topological polar surface area (TPSA) is 49.7 Å². The molecule has 0 fully saturated rings. The van der Waals surface area contributed by atoms with Gasteiger partial charge in [-0.2, -0.15) is 4.91 Å². The highest BCUT2D eigenvalue weighted by Gasteiger charge is 1.66. The quantitative estimate of drug-likeness (QED) is 0.319. The molecule has 0 rings (SSSR count). The number of nitrogens with zero attached hydrogens (tertiary/aromatic N) is 1. The summed E-state index contributed by atoms with van der Waals surface area (Å²) in [5, 5.41) is 9.19. The Bertz CT molecular complexity index is 20.0. The molecule has 0 aliphatic rings. The zero-order valence-corrected chi connectivity index (χ0v) is 1.88. The van der Waals surface area contributed by atoms with Gasteiger partial charge in [0.25, 0.3) is 0 Å². The van der Waals surface area contributed by atoms with Crippen molar-refractivity contribution >= 4 is 7.62 Å². The first-order chi connectivity index (χ1) is 1.91. The maximum Gasteiger partial charge on any atom is 0.512 e. The van der Waals surface area contributed by atoms with Gasteiger partial charge in [-0.15, -0.1) is 5.09 Å². The Morgan fingerprint density at radius 3 is 2.25 bits per heavy atom. The van der Waals surface area contributed by atoms with E-state index in [0.717, 1.165) is 0 Å². The largest absolute Gasteiger partial charge is 0.512 e. The fraction of sp³-hybridized carbons (Fsp3) is 0. The van der Waals surface area contributed by atoms with Crippen LogP contribution in [-0.4, -0.2) is 12.6 Å². The average molecular weight is 57.8 g/mol. The minimum Gasteiger partial charge on any atom is -0.431 e. The molecule has 4 heteroatoms. The van der Waals surface area contributed by atoms with Crippen molar-refractivity contribution in [3.63, 3.8) is 0 Å². The summed E-state index contributed by atoms with van der Waals surface area (Å²) >= 11 is 0. The van der Waals surface area contributed by atoms with E-state index in [1.54, 1.807) is 0 Å². The molecule has 0 atom stereocenters. The second kappa shape index (κ2) is 2.62. The third kappa shape index (κ3) is 1.62. The van der Waals surface area contributed by atoms with Gasteiger partial charge in [-0.1, -0.05) is 0 Å². The highest BCUT2D eigenvalue weighted by atomic mass is 16.3. The number of rotatable bonds is 1. The SMILES string of the molecule is O=N[B]O. The van der Waals surface area contributed by atoms with Crippen molar-refractivity contribution in [1.82, 2.24) is 0 Å². The van der Waals surface area contributed by atoms with Crippen LogP contribution in [0.15, 0.2) is 5.09 Å². The Balaban J connectivity index is 2.30. The lowest BCUT2D eigenvalue weighted by molar-refractivity contribution is 0.604. The maximum atomic E-state index is 8.62. The molecule has 1 N–H and O–H groups in total. The smallest absolute Gasteiger partial charge is 0.431 e. The van der Waals surface area contributed by atoms with E-state index in [4.69, 9.17) is 9.93 Å². The summed E-state index contributed by atoms with van der Waals surface area (Å²) in [5.41, 5.74) is 0. The van der Waals surface area contributed by atoms with Gasteiger partial charge in [0.2, 0.25) is 0 Å². The molecule has 0 aromatic heterocycles. The lowest BCUT2D eigenvalue weighted by Crippen LogP contribution is -1.71. The van der Waals surface area contributed by atoms with Crippen molar-refractivity contribution in [2.45, 2.75) is 0 Å². The zero-order valence-electron chi connectivity index (χ0n) is 1.88. The summed E-state index contributed by atoms with van der Waals surface area (Å²) < 4.78 is 0. The van der Waals surface area contributed by atoms with Gasteiger partial charge in [-0.3, -0.25) is 0 Å². The molecule has 0 saturated heterocycles. The standard InChI is InChI=1S/BHNO2/c3-1-2-4/h3H. The number of hydrogen-bond donors (Lipinski definition) is 1. The molecule has 21 valence electrons. The van der Waals surface area contributed by atoms with Crippen LogP contribution in [0.4, 0.5) is 0 Å². The summed E-state index contributed by atoms with van der Waals surface area (Å²) in [5.74, 6) is 0. The molecular weight excluding hydrogens is 56.8 g/mol. The first kappa shape index (κ1) is 3.62. The van der Waals surface area contributed by atoms with Crippen molar-refractivity contribution in [2.24, 2.45) is 5.09 Å². The molecule has 0 aromatic rings. The molecule has 0 amide bonds. The monoisotopic (exact) mass is 58.0 g/mol. The van der Waals surface area contributed by atoms with Crippen molar-refractivity contribution in [2.75, 3.05) is 0 Å². The van der Waals surface area contributed by atoms with Gasteiger partial charge in [0, 0.05) is 0 Å². The Hall–Kier alpha value is -0.375. The number of hydrogen-bond acceptors (Lipinski definition) is 3. The third-order valence-corrected chi connectivity index (χ3v) is 0.0471. The molecule has 0 unspecified atom stereocenters. The highest BCUT2D eigenvalue weighted by molar-refractivity contribution is 6.22. The molecule has 3 nitrogen and oxygen atoms in total. The van der Waals surface area contributed by atoms with Gasteiger partial charge < -0.3 is 5.02 Å². The Labute approximate surface area is 23.9 Å². The fourth-order valence-corrected chi connectivity index (χ4v) is 0. The molecule has 0 aliphatic heterocycles. The van der Waals surface area contributed by atoms with Gasteiger partial charge in [0.15, 0.2) is 0 Å². The highest BCUT2D eigenvalue weighted by Crippen LogP contribution is 1.40. The van der Waals surface area contributed by atoms with Crippen LogP contribution in [0.25, 0.3) is 0 Å². The molecule has 4 heavy (non-hydrogen) atoms. The summed E-state index contributed by atoms with van der Waals surface area (Å²) in [6.45, 7) is 0. The third-order valence-electron chi connectivity index (χ3n) is 0.0471. The molecule has 0 heterocycles. The van der Waals surface area contributed by atoms with Crippen LogP contribution >= 0.6 is 0 Å². The molecule has 1 radical (unpaired) electrons. The second-order valence-electron chi connectivity index (χ2n) is 0.221. The average Bonchev–Trinajstić information content (AvgIpc) is 1.37. The molecule has 0 saturated carbocycles. The van der Waals surface area contributed by atoms with Gasteiger partial charge in [0.05, 0.1) is 0 Å². The van der Waals surface area contributed by atoms with Gasteiger partial charge in [-0.25, -0.2) is 0 Å². The molecular formula is HBNO2. The van der Waals surface area contributed by atoms with Crippen LogP contribution in [0.3, 0.4) is 0 Å². The minimum atomic E-state index is 0.194. The second-order valence-corrected chi connectivity index (χ2v) is 0.221. The van der Waals surface area contributed by atoms with Crippen molar-refractivity contribution < 1.29 is 5.02 Å². The first-order valence-corrected chi connectivity index (χ1v) is 0.699. The fourth-order valence-electron chi connectivity index (χ4n) is 0.